The average molecular weight is 224 g/mol. The number of nitrogens with zero attached hydrogens (tertiary/aromatic N) is 3. The summed E-state index contributed by atoms with van der Waals surface area (Å²) in [6, 6.07) is 0.542. The Hall–Kier alpha value is -0.900. The van der Waals surface area contributed by atoms with Crippen LogP contribution in [0.5, 0.6) is 0 Å². The summed E-state index contributed by atoms with van der Waals surface area (Å²) in [6.45, 7) is 9.94. The van der Waals surface area contributed by atoms with E-state index in [1.165, 1.54) is 0 Å². The van der Waals surface area contributed by atoms with Crippen molar-refractivity contribution in [2.45, 2.75) is 40.2 Å². The molecule has 0 bridgehead atoms. The first-order chi connectivity index (χ1) is 7.50. The molecule has 92 valence electrons. The number of nitrogens with one attached hydrogen (secondary N) is 1. The quantitative estimate of drug-likeness (QED) is 0.798. The molecule has 1 aromatic heterocycles. The van der Waals surface area contributed by atoms with Crippen molar-refractivity contribution in [2.24, 2.45) is 18.9 Å². The summed E-state index contributed by atoms with van der Waals surface area (Å²) in [7, 11) is 1.95. The van der Waals surface area contributed by atoms with Crippen molar-refractivity contribution in [3.63, 3.8) is 0 Å². The maximum atomic E-state index is 4.29. The molecule has 1 heterocycles. The molecule has 4 nitrogen and oxygen atoms in total. The molecule has 0 aliphatic heterocycles. The molecule has 4 heteroatoms. The molecule has 0 saturated carbocycles. The van der Waals surface area contributed by atoms with E-state index in [2.05, 4.69) is 43.1 Å². The zero-order valence-electron chi connectivity index (χ0n) is 11.1. The third kappa shape index (κ3) is 3.93. The van der Waals surface area contributed by atoms with Gasteiger partial charge in [0, 0.05) is 19.5 Å². The van der Waals surface area contributed by atoms with Gasteiger partial charge in [-0.2, -0.15) is 5.10 Å². The van der Waals surface area contributed by atoms with Gasteiger partial charge in [-0.15, -0.1) is 0 Å². The van der Waals surface area contributed by atoms with Crippen LogP contribution in [0.4, 0.5) is 0 Å². The Kier molecular flexibility index (Phi) is 4.93. The molecule has 1 rings (SSSR count). The van der Waals surface area contributed by atoms with E-state index in [4.69, 9.17) is 0 Å². The van der Waals surface area contributed by atoms with Crippen LogP contribution in [0.1, 0.15) is 33.5 Å². The summed E-state index contributed by atoms with van der Waals surface area (Å²) in [5.41, 5.74) is 0. The minimum Gasteiger partial charge on any atom is -0.314 e. The molecule has 16 heavy (non-hydrogen) atoms. The van der Waals surface area contributed by atoms with Crippen LogP contribution < -0.4 is 5.32 Å². The molecule has 0 amide bonds. The molecule has 1 unspecified atom stereocenters. The highest BCUT2D eigenvalue weighted by Gasteiger charge is 2.16. The van der Waals surface area contributed by atoms with Gasteiger partial charge in [0.25, 0.3) is 0 Å². The molecule has 1 aromatic rings. The van der Waals surface area contributed by atoms with Crippen molar-refractivity contribution < 1.29 is 0 Å². The molecule has 0 fully saturated rings. The number of hydrogen-bond donors (Lipinski definition) is 1. The second kappa shape index (κ2) is 5.99. The Balaban J connectivity index is 2.55. The van der Waals surface area contributed by atoms with Gasteiger partial charge in [0.05, 0.1) is 0 Å². The molecular formula is C12H24N4. The van der Waals surface area contributed by atoms with Crippen LogP contribution in [-0.2, 0) is 13.5 Å². The van der Waals surface area contributed by atoms with Crippen LogP contribution in [0.15, 0.2) is 6.33 Å². The highest BCUT2D eigenvalue weighted by molar-refractivity contribution is 4.88. The number of rotatable bonds is 6. The molecule has 0 radical (unpaired) electrons. The summed E-state index contributed by atoms with van der Waals surface area (Å²) in [4.78, 5) is 4.29. The molecule has 0 aliphatic rings. The minimum absolute atomic E-state index is 0.542. The number of hydrogen-bond acceptors (Lipinski definition) is 3. The summed E-state index contributed by atoms with van der Waals surface area (Å²) in [5, 5.41) is 7.61. The van der Waals surface area contributed by atoms with Crippen molar-refractivity contribution in [3.8, 4) is 0 Å². The fourth-order valence-corrected chi connectivity index (χ4v) is 1.67. The van der Waals surface area contributed by atoms with Crippen LogP contribution in [0, 0.1) is 11.8 Å². The molecule has 0 aromatic carbocycles. The molecule has 0 saturated heterocycles. The Morgan fingerprint density at radius 1 is 1.31 bits per heavy atom. The van der Waals surface area contributed by atoms with Gasteiger partial charge in [-0.1, -0.05) is 27.7 Å². The van der Waals surface area contributed by atoms with Crippen molar-refractivity contribution in [2.75, 3.05) is 6.54 Å². The second-order valence-corrected chi connectivity index (χ2v) is 5.07. The van der Waals surface area contributed by atoms with E-state index < -0.39 is 0 Å². The summed E-state index contributed by atoms with van der Waals surface area (Å²) in [5.74, 6) is 2.34. The molecule has 1 N–H and O–H groups in total. The lowest BCUT2D eigenvalue weighted by Crippen LogP contribution is -2.32. The Morgan fingerprint density at radius 2 is 2.00 bits per heavy atom. The lowest BCUT2D eigenvalue weighted by Gasteiger charge is -2.22. The molecule has 0 aliphatic carbocycles. The van der Waals surface area contributed by atoms with Gasteiger partial charge in [0.1, 0.15) is 12.2 Å². The van der Waals surface area contributed by atoms with E-state index in [1.54, 1.807) is 6.33 Å². The van der Waals surface area contributed by atoms with Crippen molar-refractivity contribution in [3.05, 3.63) is 12.2 Å². The highest BCUT2D eigenvalue weighted by atomic mass is 15.3. The van der Waals surface area contributed by atoms with Gasteiger partial charge >= 0.3 is 0 Å². The summed E-state index contributed by atoms with van der Waals surface area (Å²) < 4.78 is 1.87. The number of aryl methyl sites for hydroxylation is 1. The van der Waals surface area contributed by atoms with Crippen LogP contribution in [0.2, 0.25) is 0 Å². The van der Waals surface area contributed by atoms with Gasteiger partial charge in [-0.05, 0) is 18.4 Å². The first-order valence-corrected chi connectivity index (χ1v) is 6.07. The van der Waals surface area contributed by atoms with Crippen molar-refractivity contribution in [1.82, 2.24) is 20.1 Å². The third-order valence-electron chi connectivity index (χ3n) is 2.98. The Morgan fingerprint density at radius 3 is 2.44 bits per heavy atom. The fraction of sp³-hybridized carbons (Fsp3) is 0.833. The molecule has 0 spiro atoms. The predicted molar refractivity (Wildman–Crippen MR) is 66.2 cm³/mol. The minimum atomic E-state index is 0.542. The Labute approximate surface area is 98.5 Å². The van der Waals surface area contributed by atoms with Crippen LogP contribution in [0.3, 0.4) is 0 Å². The first-order valence-electron chi connectivity index (χ1n) is 6.07. The van der Waals surface area contributed by atoms with Crippen LogP contribution in [-0.4, -0.2) is 27.4 Å². The van der Waals surface area contributed by atoms with Crippen LogP contribution in [0.25, 0.3) is 0 Å². The van der Waals surface area contributed by atoms with Gasteiger partial charge in [-0.3, -0.25) is 4.68 Å². The molecule has 1 atom stereocenters. The monoisotopic (exact) mass is 224 g/mol. The topological polar surface area (TPSA) is 42.7 Å². The zero-order valence-corrected chi connectivity index (χ0v) is 11.1. The SMILES string of the molecule is CC(C)NCC(Cc1ncnn1C)C(C)C. The average Bonchev–Trinajstić information content (AvgIpc) is 2.58. The van der Waals surface area contributed by atoms with E-state index in [0.29, 0.717) is 17.9 Å². The van der Waals surface area contributed by atoms with Gasteiger partial charge in [0.2, 0.25) is 0 Å². The maximum Gasteiger partial charge on any atom is 0.138 e. The molecular weight excluding hydrogens is 200 g/mol. The highest BCUT2D eigenvalue weighted by Crippen LogP contribution is 2.15. The first kappa shape index (κ1) is 13.2. The second-order valence-electron chi connectivity index (χ2n) is 5.07. The lowest BCUT2D eigenvalue weighted by molar-refractivity contribution is 0.340. The van der Waals surface area contributed by atoms with Crippen molar-refractivity contribution in [1.29, 1.82) is 0 Å². The van der Waals surface area contributed by atoms with Crippen molar-refractivity contribution >= 4 is 0 Å². The number of aromatic nitrogens is 3. The zero-order chi connectivity index (χ0) is 12.1. The van der Waals surface area contributed by atoms with E-state index in [1.807, 2.05) is 11.7 Å². The van der Waals surface area contributed by atoms with E-state index in [-0.39, 0.29) is 0 Å². The maximum absolute atomic E-state index is 4.29. The van der Waals surface area contributed by atoms with Gasteiger partial charge < -0.3 is 5.32 Å². The third-order valence-corrected chi connectivity index (χ3v) is 2.98. The predicted octanol–water partition coefficient (Wildman–Crippen LogP) is 1.63. The van der Waals surface area contributed by atoms with Crippen LogP contribution >= 0.6 is 0 Å². The van der Waals surface area contributed by atoms with E-state index >= 15 is 0 Å². The fourth-order valence-electron chi connectivity index (χ4n) is 1.67. The normalized spacial score (nSPS) is 13.7. The summed E-state index contributed by atoms with van der Waals surface area (Å²) >= 11 is 0. The summed E-state index contributed by atoms with van der Waals surface area (Å²) in [6.07, 6.45) is 2.62. The van der Waals surface area contributed by atoms with E-state index in [9.17, 15) is 0 Å². The Bertz CT molecular complexity index is 304. The standard InChI is InChI=1S/C12H24N4/c1-9(2)11(7-13-10(3)4)6-12-14-8-15-16(12)5/h8-11,13H,6-7H2,1-5H3. The largest absolute Gasteiger partial charge is 0.314 e. The van der Waals surface area contributed by atoms with Gasteiger partial charge in [-0.25, -0.2) is 4.98 Å². The van der Waals surface area contributed by atoms with Gasteiger partial charge in [0.15, 0.2) is 0 Å². The lowest BCUT2D eigenvalue weighted by atomic mass is 9.92. The smallest absolute Gasteiger partial charge is 0.138 e. The van der Waals surface area contributed by atoms with E-state index in [0.717, 1.165) is 18.8 Å².